The number of carbonyl (C=O) groups is 2. The fourth-order valence-electron chi connectivity index (χ4n) is 4.82. The van der Waals surface area contributed by atoms with Gasteiger partial charge in [0.15, 0.2) is 0 Å². The Balaban J connectivity index is 1.25. The van der Waals surface area contributed by atoms with E-state index in [0.29, 0.717) is 61.6 Å². The Bertz CT molecular complexity index is 1560. The minimum atomic E-state index is -3.65. The van der Waals surface area contributed by atoms with E-state index in [2.05, 4.69) is 4.99 Å². The average molecular weight is 593 g/mol. The lowest BCUT2D eigenvalue weighted by Gasteiger charge is -2.25. The number of nitrogens with zero attached hydrogens (tertiary/aromatic N) is 4. The highest BCUT2D eigenvalue weighted by Crippen LogP contribution is 2.25. The van der Waals surface area contributed by atoms with E-state index in [4.69, 9.17) is 4.74 Å². The maximum Gasteiger partial charge on any atom is 0.416 e. The molecule has 10 heteroatoms. The Labute approximate surface area is 248 Å². The van der Waals surface area contributed by atoms with Crippen molar-refractivity contribution in [1.82, 2.24) is 14.1 Å². The van der Waals surface area contributed by atoms with Crippen LogP contribution in [-0.2, 0) is 26.1 Å². The number of hydrogen-bond donors (Lipinski definition) is 0. The quantitative estimate of drug-likeness (QED) is 0.298. The summed E-state index contributed by atoms with van der Waals surface area (Å²) >= 11 is 0. The normalized spacial score (nSPS) is 13.9. The molecule has 0 unspecified atom stereocenters. The summed E-state index contributed by atoms with van der Waals surface area (Å²) in [4.78, 5) is 33.4. The molecular weight excluding hydrogens is 552 g/mol. The smallest absolute Gasteiger partial charge is 0.416 e. The van der Waals surface area contributed by atoms with E-state index in [-0.39, 0.29) is 5.91 Å². The number of sulfonamides is 1. The first-order valence-corrected chi connectivity index (χ1v) is 15.6. The minimum Gasteiger partial charge on any atom is -0.443 e. The van der Waals surface area contributed by atoms with Crippen LogP contribution in [0.4, 0.5) is 4.79 Å². The second-order valence-electron chi connectivity index (χ2n) is 11.5. The highest BCUT2D eigenvalue weighted by molar-refractivity contribution is 7.89. The highest BCUT2D eigenvalue weighted by atomic mass is 32.2. The molecule has 1 aliphatic rings. The van der Waals surface area contributed by atoms with Crippen LogP contribution >= 0.6 is 0 Å². The third-order valence-corrected chi connectivity index (χ3v) is 8.98. The molecule has 0 atom stereocenters. The van der Waals surface area contributed by atoms with Crippen molar-refractivity contribution in [3.63, 3.8) is 0 Å². The number of fused-ring (bicyclic) bond motifs is 1. The van der Waals surface area contributed by atoms with Crippen molar-refractivity contribution in [3.05, 3.63) is 77.9 Å². The van der Waals surface area contributed by atoms with Crippen LogP contribution in [0.2, 0.25) is 0 Å². The molecule has 0 N–H and O–H groups in total. The molecule has 3 aromatic carbocycles. The number of amidine groups is 1. The predicted octanol–water partition coefficient (Wildman–Crippen LogP) is 5.29. The fraction of sp³-hybridized carbons (Fsp3) is 0.406. The van der Waals surface area contributed by atoms with Gasteiger partial charge in [0.1, 0.15) is 11.4 Å². The van der Waals surface area contributed by atoms with Gasteiger partial charge in [-0.1, -0.05) is 60.7 Å². The van der Waals surface area contributed by atoms with Crippen LogP contribution in [0, 0.1) is 0 Å². The Kier molecular flexibility index (Phi) is 9.68. The lowest BCUT2D eigenvalue weighted by molar-refractivity contribution is -0.130. The highest BCUT2D eigenvalue weighted by Gasteiger charge is 2.29. The molecule has 0 spiro atoms. The predicted molar refractivity (Wildman–Crippen MR) is 165 cm³/mol. The lowest BCUT2D eigenvalue weighted by atomic mass is 10.1. The van der Waals surface area contributed by atoms with Crippen LogP contribution in [0.1, 0.15) is 51.2 Å². The summed E-state index contributed by atoms with van der Waals surface area (Å²) in [5.41, 5.74) is 1.19. The zero-order chi connectivity index (χ0) is 30.5. The first-order valence-electron chi connectivity index (χ1n) is 14.2. The van der Waals surface area contributed by atoms with Gasteiger partial charge in [0.2, 0.25) is 15.9 Å². The molecule has 0 radical (unpaired) electrons. The molecule has 9 nitrogen and oxygen atoms in total. The molecule has 0 aromatic heterocycles. The Morgan fingerprint density at radius 3 is 2.36 bits per heavy atom. The summed E-state index contributed by atoms with van der Waals surface area (Å²) in [6, 6.07) is 20.4. The summed E-state index contributed by atoms with van der Waals surface area (Å²) in [5.74, 6) is 0.586. The van der Waals surface area contributed by atoms with Crippen molar-refractivity contribution in [2.45, 2.75) is 57.1 Å². The maximum atomic E-state index is 13.2. The van der Waals surface area contributed by atoms with Crippen molar-refractivity contribution in [2.24, 2.45) is 4.99 Å². The van der Waals surface area contributed by atoms with E-state index < -0.39 is 21.7 Å². The molecule has 3 aromatic rings. The molecule has 0 saturated heterocycles. The molecule has 224 valence electrons. The molecule has 0 aliphatic carbocycles. The van der Waals surface area contributed by atoms with Crippen molar-refractivity contribution < 1.29 is 22.7 Å². The number of ether oxygens (including phenoxy) is 1. The minimum absolute atomic E-state index is 0.00471. The van der Waals surface area contributed by atoms with Crippen molar-refractivity contribution in [1.29, 1.82) is 0 Å². The van der Waals surface area contributed by atoms with E-state index in [9.17, 15) is 18.0 Å². The van der Waals surface area contributed by atoms with Gasteiger partial charge in [0.05, 0.1) is 18.0 Å². The van der Waals surface area contributed by atoms with Crippen LogP contribution in [0.25, 0.3) is 10.8 Å². The summed E-state index contributed by atoms with van der Waals surface area (Å²) in [6.07, 6.45) is 1.08. The summed E-state index contributed by atoms with van der Waals surface area (Å²) in [6.45, 7) is 7.28. The van der Waals surface area contributed by atoms with Gasteiger partial charge in [0, 0.05) is 44.6 Å². The molecule has 1 aliphatic heterocycles. The first kappa shape index (κ1) is 31.2. The van der Waals surface area contributed by atoms with Crippen molar-refractivity contribution in [3.8, 4) is 0 Å². The molecule has 42 heavy (non-hydrogen) atoms. The zero-order valence-corrected chi connectivity index (χ0v) is 25.9. The van der Waals surface area contributed by atoms with Crippen LogP contribution in [0.15, 0.2) is 76.6 Å². The largest absolute Gasteiger partial charge is 0.443 e. The number of hydrogen-bond acceptors (Lipinski definition) is 6. The fourth-order valence-corrected chi connectivity index (χ4v) is 6.24. The Hall–Kier alpha value is -3.76. The molecule has 1 heterocycles. The lowest BCUT2D eigenvalue weighted by Crippen LogP contribution is -2.39. The molecule has 0 fully saturated rings. The van der Waals surface area contributed by atoms with Gasteiger partial charge in [-0.2, -0.15) is 0 Å². The van der Waals surface area contributed by atoms with E-state index in [1.807, 2.05) is 75.4 Å². The van der Waals surface area contributed by atoms with E-state index in [0.717, 1.165) is 16.5 Å². The van der Waals surface area contributed by atoms with E-state index >= 15 is 0 Å². The van der Waals surface area contributed by atoms with Gasteiger partial charge in [-0.3, -0.25) is 14.7 Å². The number of carbonyl (C=O) groups excluding carboxylic acids is 2. The molecule has 0 bridgehead atoms. The number of benzene rings is 3. The number of amides is 2. The van der Waals surface area contributed by atoms with Gasteiger partial charge in [-0.05, 0) is 50.6 Å². The first-order chi connectivity index (χ1) is 19.9. The van der Waals surface area contributed by atoms with Gasteiger partial charge in [-0.25, -0.2) is 17.5 Å². The van der Waals surface area contributed by atoms with Gasteiger partial charge >= 0.3 is 6.09 Å². The molecule has 4 rings (SSSR count). The van der Waals surface area contributed by atoms with E-state index in [1.54, 1.807) is 36.0 Å². The summed E-state index contributed by atoms with van der Waals surface area (Å²) < 4.78 is 33.3. The van der Waals surface area contributed by atoms with Gasteiger partial charge < -0.3 is 9.64 Å². The third-order valence-electron chi connectivity index (χ3n) is 7.06. The second-order valence-corrected chi connectivity index (χ2v) is 13.6. The SMILES string of the molecule is CN(Cc1ccc(C2=NCCN2C(=O)OC(C)(C)C)cc1)C(=O)CCCCN(C)S(=O)(=O)c1cccc2ccccc12. The van der Waals surface area contributed by atoms with E-state index in [1.165, 1.54) is 4.31 Å². The molecule has 0 saturated carbocycles. The second kappa shape index (κ2) is 13.0. The standard InChI is InChI=1S/C32H40N4O5S/c1-32(2,3)41-31(38)36-22-20-33-30(36)26-18-16-24(17-19-26)23-34(4)29(37)15-8-9-21-35(5)42(39,40)28-14-10-12-25-11-6-7-13-27(25)28/h6-7,10-14,16-19H,8-9,15,20-23H2,1-5H3. The van der Waals surface area contributed by atoms with Gasteiger partial charge in [-0.15, -0.1) is 0 Å². The zero-order valence-electron chi connectivity index (χ0n) is 25.0. The van der Waals surface area contributed by atoms with Crippen LogP contribution in [0.5, 0.6) is 0 Å². The molecular formula is C32H40N4O5S. The molecule has 2 amide bonds. The van der Waals surface area contributed by atoms with Crippen molar-refractivity contribution >= 4 is 38.6 Å². The maximum absolute atomic E-state index is 13.2. The summed E-state index contributed by atoms with van der Waals surface area (Å²) in [7, 11) is -0.304. The summed E-state index contributed by atoms with van der Waals surface area (Å²) in [5, 5.41) is 1.58. The van der Waals surface area contributed by atoms with Gasteiger partial charge in [0.25, 0.3) is 0 Å². The average Bonchev–Trinajstić information content (AvgIpc) is 3.44. The van der Waals surface area contributed by atoms with Crippen LogP contribution < -0.4 is 0 Å². The number of aliphatic imine (C=N–C) groups is 1. The number of rotatable bonds is 10. The van der Waals surface area contributed by atoms with Crippen molar-refractivity contribution in [2.75, 3.05) is 33.7 Å². The van der Waals surface area contributed by atoms with Crippen LogP contribution in [-0.4, -0.2) is 79.7 Å². The Morgan fingerprint density at radius 2 is 1.64 bits per heavy atom. The Morgan fingerprint density at radius 1 is 0.952 bits per heavy atom. The monoisotopic (exact) mass is 592 g/mol. The number of unbranched alkanes of at least 4 members (excludes halogenated alkanes) is 1. The third kappa shape index (κ3) is 7.54. The topological polar surface area (TPSA) is 99.6 Å². The van der Waals surface area contributed by atoms with Crippen LogP contribution in [0.3, 0.4) is 0 Å².